The van der Waals surface area contributed by atoms with Gasteiger partial charge in [-0.2, -0.15) is 0 Å². The highest BCUT2D eigenvalue weighted by molar-refractivity contribution is 7.92. The molecule has 0 aromatic heterocycles. The monoisotopic (exact) mass is 368 g/mol. The number of unbranched alkanes of at least 4 members (excludes halogenated alkanes) is 1. The second-order valence-electron chi connectivity index (χ2n) is 5.29. The van der Waals surface area contributed by atoms with Crippen molar-refractivity contribution in [3.63, 3.8) is 0 Å². The predicted molar refractivity (Wildman–Crippen MR) is 95.9 cm³/mol. The normalized spacial score (nSPS) is 11.4. The van der Waals surface area contributed by atoms with E-state index in [1.54, 1.807) is 12.1 Å². The quantitative estimate of drug-likeness (QED) is 0.454. The van der Waals surface area contributed by atoms with Crippen LogP contribution in [0.1, 0.15) is 31.2 Å². The SMILES string of the molecule is COC(=O)CCCCNC(=O)CCNS(=O)(=O)/C=C/c1ccccc1. The van der Waals surface area contributed by atoms with Gasteiger partial charge in [0.25, 0.3) is 0 Å². The van der Waals surface area contributed by atoms with Crippen molar-refractivity contribution in [3.05, 3.63) is 41.3 Å². The minimum atomic E-state index is -3.58. The molecule has 1 aromatic carbocycles. The fraction of sp³-hybridized carbons (Fsp3) is 0.412. The first-order valence-electron chi connectivity index (χ1n) is 7.99. The second-order valence-corrected chi connectivity index (χ2v) is 6.94. The van der Waals surface area contributed by atoms with Gasteiger partial charge in [-0.3, -0.25) is 9.59 Å². The van der Waals surface area contributed by atoms with Crippen LogP contribution in [0.3, 0.4) is 0 Å². The molecule has 0 fully saturated rings. The highest BCUT2D eigenvalue weighted by atomic mass is 32.2. The number of hydrogen-bond acceptors (Lipinski definition) is 5. The van der Waals surface area contributed by atoms with E-state index in [4.69, 9.17) is 0 Å². The number of sulfonamides is 1. The molecule has 1 rings (SSSR count). The van der Waals surface area contributed by atoms with Crippen LogP contribution in [0.2, 0.25) is 0 Å². The first-order chi connectivity index (χ1) is 11.9. The zero-order valence-electron chi connectivity index (χ0n) is 14.2. The van der Waals surface area contributed by atoms with Gasteiger partial charge in [-0.1, -0.05) is 30.3 Å². The third kappa shape index (κ3) is 10.3. The van der Waals surface area contributed by atoms with E-state index in [1.807, 2.05) is 18.2 Å². The van der Waals surface area contributed by atoms with Gasteiger partial charge in [0.1, 0.15) is 0 Å². The largest absolute Gasteiger partial charge is 0.469 e. The van der Waals surface area contributed by atoms with Gasteiger partial charge in [-0.25, -0.2) is 13.1 Å². The van der Waals surface area contributed by atoms with E-state index in [-0.39, 0.29) is 24.8 Å². The van der Waals surface area contributed by atoms with E-state index in [0.29, 0.717) is 25.8 Å². The molecule has 1 aromatic rings. The molecule has 2 N–H and O–H groups in total. The Morgan fingerprint density at radius 2 is 1.80 bits per heavy atom. The number of methoxy groups -OCH3 is 1. The van der Waals surface area contributed by atoms with Gasteiger partial charge in [0.15, 0.2) is 0 Å². The molecule has 0 radical (unpaired) electrons. The van der Waals surface area contributed by atoms with Gasteiger partial charge in [-0.05, 0) is 24.5 Å². The highest BCUT2D eigenvalue weighted by Crippen LogP contribution is 2.02. The third-order valence-electron chi connectivity index (χ3n) is 3.25. The van der Waals surface area contributed by atoms with Crippen molar-refractivity contribution in [1.82, 2.24) is 10.0 Å². The van der Waals surface area contributed by atoms with Crippen LogP contribution in [-0.2, 0) is 24.3 Å². The number of ether oxygens (including phenoxy) is 1. The Kier molecular flexibility index (Phi) is 9.49. The number of rotatable bonds is 11. The number of benzene rings is 1. The van der Waals surface area contributed by atoms with Crippen LogP contribution in [0, 0.1) is 0 Å². The zero-order chi connectivity index (χ0) is 18.5. The maximum Gasteiger partial charge on any atom is 0.305 e. The molecule has 0 heterocycles. The Labute approximate surface area is 148 Å². The van der Waals surface area contributed by atoms with Gasteiger partial charge < -0.3 is 10.1 Å². The fourth-order valence-corrected chi connectivity index (χ4v) is 2.72. The van der Waals surface area contributed by atoms with Crippen LogP contribution in [0.5, 0.6) is 0 Å². The fourth-order valence-electron chi connectivity index (χ4n) is 1.90. The Morgan fingerprint density at radius 3 is 2.48 bits per heavy atom. The first kappa shape index (κ1) is 20.9. The van der Waals surface area contributed by atoms with E-state index < -0.39 is 10.0 Å². The lowest BCUT2D eigenvalue weighted by Crippen LogP contribution is -2.30. The number of hydrogen-bond donors (Lipinski definition) is 2. The molecule has 0 bridgehead atoms. The topological polar surface area (TPSA) is 102 Å². The van der Waals surface area contributed by atoms with Crippen molar-refractivity contribution >= 4 is 28.0 Å². The Morgan fingerprint density at radius 1 is 1.08 bits per heavy atom. The lowest BCUT2D eigenvalue weighted by Gasteiger charge is -2.05. The number of carbonyl (C=O) groups excluding carboxylic acids is 2. The highest BCUT2D eigenvalue weighted by Gasteiger charge is 2.07. The molecule has 0 spiro atoms. The van der Waals surface area contributed by atoms with Gasteiger partial charge in [-0.15, -0.1) is 0 Å². The molecule has 25 heavy (non-hydrogen) atoms. The number of amides is 1. The maximum absolute atomic E-state index is 11.8. The summed E-state index contributed by atoms with van der Waals surface area (Å²) in [7, 11) is -2.25. The van der Waals surface area contributed by atoms with Crippen LogP contribution in [0.25, 0.3) is 6.08 Å². The summed E-state index contributed by atoms with van der Waals surface area (Å²) in [5.74, 6) is -0.517. The molecular formula is C17H24N2O5S. The van der Waals surface area contributed by atoms with E-state index in [2.05, 4.69) is 14.8 Å². The number of carbonyl (C=O) groups is 2. The maximum atomic E-state index is 11.8. The molecule has 0 saturated heterocycles. The molecule has 138 valence electrons. The van der Waals surface area contributed by atoms with Crippen molar-refractivity contribution in [2.75, 3.05) is 20.2 Å². The molecule has 0 atom stereocenters. The molecule has 1 amide bonds. The summed E-state index contributed by atoms with van der Waals surface area (Å²) >= 11 is 0. The summed E-state index contributed by atoms with van der Waals surface area (Å²) in [6, 6.07) is 9.06. The van der Waals surface area contributed by atoms with Crippen LogP contribution < -0.4 is 10.0 Å². The van der Waals surface area contributed by atoms with Crippen molar-refractivity contribution in [2.24, 2.45) is 0 Å². The average molecular weight is 368 g/mol. The van der Waals surface area contributed by atoms with Gasteiger partial charge >= 0.3 is 5.97 Å². The smallest absolute Gasteiger partial charge is 0.305 e. The second kappa shape index (κ2) is 11.4. The number of esters is 1. The van der Waals surface area contributed by atoms with E-state index in [1.165, 1.54) is 13.2 Å². The van der Waals surface area contributed by atoms with Crippen molar-refractivity contribution in [3.8, 4) is 0 Å². The third-order valence-corrected chi connectivity index (χ3v) is 4.35. The molecular weight excluding hydrogens is 344 g/mol. The lowest BCUT2D eigenvalue weighted by atomic mass is 10.2. The Hall–Kier alpha value is -2.19. The summed E-state index contributed by atoms with van der Waals surface area (Å²) < 4.78 is 30.5. The summed E-state index contributed by atoms with van der Waals surface area (Å²) in [6.07, 6.45) is 3.15. The van der Waals surface area contributed by atoms with E-state index in [9.17, 15) is 18.0 Å². The van der Waals surface area contributed by atoms with Crippen LogP contribution >= 0.6 is 0 Å². The van der Waals surface area contributed by atoms with Crippen LogP contribution in [-0.4, -0.2) is 40.5 Å². The summed E-state index contributed by atoms with van der Waals surface area (Å²) in [5.41, 5.74) is 0.776. The molecule has 0 saturated carbocycles. The summed E-state index contributed by atoms with van der Waals surface area (Å²) in [5, 5.41) is 3.75. The molecule has 7 nitrogen and oxygen atoms in total. The summed E-state index contributed by atoms with van der Waals surface area (Å²) in [4.78, 5) is 22.5. The predicted octanol–water partition coefficient (Wildman–Crippen LogP) is 1.43. The van der Waals surface area contributed by atoms with Crippen molar-refractivity contribution < 1.29 is 22.7 Å². The Bertz CT molecular complexity index is 672. The number of nitrogens with one attached hydrogen (secondary N) is 2. The van der Waals surface area contributed by atoms with Gasteiger partial charge in [0.2, 0.25) is 15.9 Å². The minimum Gasteiger partial charge on any atom is -0.469 e. The van der Waals surface area contributed by atoms with Gasteiger partial charge in [0.05, 0.1) is 7.11 Å². The van der Waals surface area contributed by atoms with Crippen LogP contribution in [0.4, 0.5) is 0 Å². The molecule has 8 heteroatoms. The summed E-state index contributed by atoms with van der Waals surface area (Å²) in [6.45, 7) is 0.464. The standard InChI is InChI=1S/C17H24N2O5S/c1-24-17(21)9-5-6-12-18-16(20)10-13-19-25(22,23)14-11-15-7-3-2-4-8-15/h2-4,7-8,11,14,19H,5-6,9-10,12-13H2,1H3,(H,18,20)/b14-11+. The molecule has 0 unspecified atom stereocenters. The minimum absolute atomic E-state index is 0.0233. The van der Waals surface area contributed by atoms with Crippen molar-refractivity contribution in [1.29, 1.82) is 0 Å². The van der Waals surface area contributed by atoms with Gasteiger partial charge in [0, 0.05) is 31.3 Å². The average Bonchev–Trinajstić information content (AvgIpc) is 2.60. The molecule has 0 aliphatic rings. The zero-order valence-corrected chi connectivity index (χ0v) is 15.1. The van der Waals surface area contributed by atoms with E-state index >= 15 is 0 Å². The van der Waals surface area contributed by atoms with E-state index in [0.717, 1.165) is 11.0 Å². The Balaban J connectivity index is 2.19. The molecule has 0 aliphatic heterocycles. The lowest BCUT2D eigenvalue weighted by molar-refractivity contribution is -0.140. The first-order valence-corrected chi connectivity index (χ1v) is 9.54. The van der Waals surface area contributed by atoms with Crippen molar-refractivity contribution in [2.45, 2.75) is 25.7 Å². The van der Waals surface area contributed by atoms with Crippen LogP contribution in [0.15, 0.2) is 35.7 Å². The molecule has 0 aliphatic carbocycles.